The fraction of sp³-hybridized carbons (Fsp3) is 0.312. The van der Waals surface area contributed by atoms with Crippen LogP contribution in [-0.4, -0.2) is 27.3 Å². The van der Waals surface area contributed by atoms with Crippen molar-refractivity contribution in [2.45, 2.75) is 12.7 Å². The van der Waals surface area contributed by atoms with Crippen LogP contribution in [0.1, 0.15) is 17.4 Å². The lowest BCUT2D eigenvalue weighted by Gasteiger charge is -2.13. The second kappa shape index (κ2) is 7.06. The van der Waals surface area contributed by atoms with E-state index in [2.05, 4.69) is 4.74 Å². The van der Waals surface area contributed by atoms with Crippen LogP contribution >= 0.6 is 0 Å². The molecule has 21 heavy (non-hydrogen) atoms. The number of methoxy groups -OCH3 is 3. The van der Waals surface area contributed by atoms with Crippen LogP contribution in [0.2, 0.25) is 0 Å². The highest BCUT2D eigenvalue weighted by atomic mass is 16.7. The molecule has 0 radical (unpaired) electrons. The summed E-state index contributed by atoms with van der Waals surface area (Å²) in [6.07, 6.45) is 1.31. The van der Waals surface area contributed by atoms with Gasteiger partial charge in [0.1, 0.15) is 5.76 Å². The second-order valence-corrected chi connectivity index (χ2v) is 4.46. The fourth-order valence-electron chi connectivity index (χ4n) is 2.15. The molecule has 5 nitrogen and oxygen atoms in total. The summed E-state index contributed by atoms with van der Waals surface area (Å²) in [5.74, 6) is 0.383. The average Bonchev–Trinajstić information content (AvgIpc) is 2.98. The van der Waals surface area contributed by atoms with E-state index in [1.165, 1.54) is 7.11 Å². The van der Waals surface area contributed by atoms with Gasteiger partial charge in [-0.25, -0.2) is 0 Å². The van der Waals surface area contributed by atoms with E-state index in [1.54, 1.807) is 26.5 Å². The van der Waals surface area contributed by atoms with Crippen LogP contribution in [0.15, 0.2) is 41.0 Å². The Hall–Kier alpha value is -2.11. The molecule has 1 aromatic heterocycles. The van der Waals surface area contributed by atoms with Crippen molar-refractivity contribution < 1.29 is 23.4 Å². The maximum atomic E-state index is 11.4. The number of furan rings is 1. The Bertz CT molecular complexity index is 598. The van der Waals surface area contributed by atoms with Crippen LogP contribution in [0, 0.1) is 0 Å². The summed E-state index contributed by atoms with van der Waals surface area (Å²) < 4.78 is 20.7. The molecule has 2 aromatic rings. The topological polar surface area (TPSA) is 57.9 Å². The monoisotopic (exact) mass is 290 g/mol. The molecule has 0 bridgehead atoms. The Morgan fingerprint density at radius 1 is 1.19 bits per heavy atom. The lowest BCUT2D eigenvalue weighted by Crippen LogP contribution is -2.05. The molecule has 0 saturated carbocycles. The zero-order valence-corrected chi connectivity index (χ0v) is 12.3. The molecule has 2 rings (SSSR count). The molecule has 1 heterocycles. The smallest absolute Gasteiger partial charge is 0.309 e. The van der Waals surface area contributed by atoms with Gasteiger partial charge in [-0.2, -0.15) is 0 Å². The molecule has 1 aromatic carbocycles. The van der Waals surface area contributed by atoms with E-state index >= 15 is 0 Å². The third-order valence-corrected chi connectivity index (χ3v) is 3.14. The fourth-order valence-corrected chi connectivity index (χ4v) is 2.15. The molecule has 0 aliphatic carbocycles. The quantitative estimate of drug-likeness (QED) is 0.604. The molecule has 0 fully saturated rings. The van der Waals surface area contributed by atoms with Crippen molar-refractivity contribution in [1.29, 1.82) is 0 Å². The molecule has 0 amide bonds. The van der Waals surface area contributed by atoms with E-state index in [0.717, 1.165) is 16.7 Å². The summed E-state index contributed by atoms with van der Waals surface area (Å²) in [5.41, 5.74) is 2.51. The van der Waals surface area contributed by atoms with Gasteiger partial charge in [0.05, 0.1) is 25.4 Å². The summed E-state index contributed by atoms with van der Waals surface area (Å²) in [6, 6.07) is 9.34. The van der Waals surface area contributed by atoms with Crippen molar-refractivity contribution in [3.05, 3.63) is 47.7 Å². The van der Waals surface area contributed by atoms with E-state index in [4.69, 9.17) is 13.9 Å². The van der Waals surface area contributed by atoms with Gasteiger partial charge in [-0.15, -0.1) is 0 Å². The van der Waals surface area contributed by atoms with Gasteiger partial charge < -0.3 is 18.6 Å². The summed E-state index contributed by atoms with van der Waals surface area (Å²) in [6.45, 7) is 0. The summed E-state index contributed by atoms with van der Waals surface area (Å²) in [7, 11) is 4.51. The van der Waals surface area contributed by atoms with Crippen LogP contribution in [0.25, 0.3) is 11.3 Å². The van der Waals surface area contributed by atoms with Crippen molar-refractivity contribution in [1.82, 2.24) is 0 Å². The highest BCUT2D eigenvalue weighted by Gasteiger charge is 2.18. The Morgan fingerprint density at radius 3 is 2.62 bits per heavy atom. The maximum Gasteiger partial charge on any atom is 0.309 e. The minimum absolute atomic E-state index is 0.221. The highest BCUT2D eigenvalue weighted by molar-refractivity contribution is 5.73. The third-order valence-electron chi connectivity index (χ3n) is 3.14. The molecule has 0 spiro atoms. The largest absolute Gasteiger partial charge is 0.469 e. The van der Waals surface area contributed by atoms with Gasteiger partial charge in [-0.3, -0.25) is 4.79 Å². The van der Waals surface area contributed by atoms with Gasteiger partial charge in [0.25, 0.3) is 0 Å². The minimum atomic E-state index is -0.497. The Kier molecular flexibility index (Phi) is 5.14. The van der Waals surface area contributed by atoms with E-state index in [1.807, 2.05) is 24.3 Å². The summed E-state index contributed by atoms with van der Waals surface area (Å²) in [4.78, 5) is 11.4. The van der Waals surface area contributed by atoms with Crippen molar-refractivity contribution in [2.75, 3.05) is 21.3 Å². The number of carbonyl (C=O) groups excluding carboxylic acids is 1. The average molecular weight is 290 g/mol. The number of hydrogen-bond acceptors (Lipinski definition) is 5. The van der Waals surface area contributed by atoms with Crippen molar-refractivity contribution in [3.63, 3.8) is 0 Å². The van der Waals surface area contributed by atoms with E-state index in [9.17, 15) is 4.79 Å². The van der Waals surface area contributed by atoms with Gasteiger partial charge in [-0.1, -0.05) is 18.2 Å². The van der Waals surface area contributed by atoms with Gasteiger partial charge in [-0.05, 0) is 17.7 Å². The number of hydrogen-bond donors (Lipinski definition) is 0. The van der Waals surface area contributed by atoms with Crippen LogP contribution in [0.3, 0.4) is 0 Å². The second-order valence-electron chi connectivity index (χ2n) is 4.46. The SMILES string of the molecule is COC(=O)Cc1cccc(-c2occc2C(OC)OC)c1. The molecular formula is C16H18O5. The molecule has 0 aliphatic heterocycles. The number of benzene rings is 1. The first kappa shape index (κ1) is 15.3. The minimum Gasteiger partial charge on any atom is -0.469 e. The first-order chi connectivity index (χ1) is 10.2. The number of ether oxygens (including phenoxy) is 3. The normalized spacial score (nSPS) is 10.9. The Balaban J connectivity index is 2.32. The molecule has 0 N–H and O–H groups in total. The molecular weight excluding hydrogens is 272 g/mol. The molecule has 0 aliphatic rings. The molecule has 112 valence electrons. The molecule has 0 unspecified atom stereocenters. The van der Waals surface area contributed by atoms with Crippen LogP contribution in [0.4, 0.5) is 0 Å². The summed E-state index contributed by atoms with van der Waals surface area (Å²) in [5, 5.41) is 0. The van der Waals surface area contributed by atoms with Gasteiger partial charge in [0.15, 0.2) is 6.29 Å². The first-order valence-electron chi connectivity index (χ1n) is 6.48. The number of esters is 1. The Labute approximate surface area is 123 Å². The predicted molar refractivity (Wildman–Crippen MR) is 76.6 cm³/mol. The van der Waals surface area contributed by atoms with Gasteiger partial charge in [0, 0.05) is 19.8 Å². The first-order valence-corrected chi connectivity index (χ1v) is 6.48. The van der Waals surface area contributed by atoms with Crippen molar-refractivity contribution >= 4 is 5.97 Å². The number of carbonyl (C=O) groups is 1. The summed E-state index contributed by atoms with van der Waals surface area (Å²) >= 11 is 0. The number of rotatable bonds is 6. The standard InChI is InChI=1S/C16H18O5/c1-18-14(17)10-11-5-4-6-12(9-11)15-13(7-8-21-15)16(19-2)20-3/h4-9,16H,10H2,1-3H3. The van der Waals surface area contributed by atoms with Crippen LogP contribution in [0.5, 0.6) is 0 Å². The van der Waals surface area contributed by atoms with Gasteiger partial charge in [0.2, 0.25) is 0 Å². The lowest BCUT2D eigenvalue weighted by molar-refractivity contribution is -0.139. The van der Waals surface area contributed by atoms with Gasteiger partial charge >= 0.3 is 5.97 Å². The predicted octanol–water partition coefficient (Wildman–Crippen LogP) is 2.95. The van der Waals surface area contributed by atoms with E-state index in [-0.39, 0.29) is 12.4 Å². The lowest BCUT2D eigenvalue weighted by atomic mass is 10.0. The van der Waals surface area contributed by atoms with E-state index < -0.39 is 6.29 Å². The van der Waals surface area contributed by atoms with Crippen LogP contribution < -0.4 is 0 Å². The highest BCUT2D eigenvalue weighted by Crippen LogP contribution is 2.31. The zero-order valence-electron chi connectivity index (χ0n) is 12.3. The van der Waals surface area contributed by atoms with E-state index in [0.29, 0.717) is 5.76 Å². The molecule has 0 saturated heterocycles. The maximum absolute atomic E-state index is 11.4. The zero-order chi connectivity index (χ0) is 15.2. The molecule has 5 heteroatoms. The third kappa shape index (κ3) is 3.51. The van der Waals surface area contributed by atoms with Crippen molar-refractivity contribution in [3.8, 4) is 11.3 Å². The Morgan fingerprint density at radius 2 is 1.95 bits per heavy atom. The van der Waals surface area contributed by atoms with Crippen molar-refractivity contribution in [2.24, 2.45) is 0 Å². The van der Waals surface area contributed by atoms with Crippen LogP contribution in [-0.2, 0) is 25.4 Å². The molecule has 0 atom stereocenters.